The van der Waals surface area contributed by atoms with Crippen molar-refractivity contribution in [2.24, 2.45) is 4.99 Å². The van der Waals surface area contributed by atoms with Crippen LogP contribution in [-0.4, -0.2) is 77.7 Å². The van der Waals surface area contributed by atoms with Gasteiger partial charge in [0.05, 0.1) is 17.5 Å². The molecule has 166 valence electrons. The molecular formula is C19H29IN6O4. The molecule has 2 N–H and O–H groups in total. The van der Waals surface area contributed by atoms with Crippen molar-refractivity contribution in [3.63, 3.8) is 0 Å². The average molecular weight is 532 g/mol. The van der Waals surface area contributed by atoms with E-state index in [1.54, 1.807) is 23.1 Å². The molecule has 2 aliphatic rings. The average Bonchev–Trinajstić information content (AvgIpc) is 3.06. The zero-order valence-electron chi connectivity index (χ0n) is 17.5. The van der Waals surface area contributed by atoms with E-state index in [4.69, 9.17) is 4.74 Å². The van der Waals surface area contributed by atoms with Crippen molar-refractivity contribution >= 4 is 47.4 Å². The van der Waals surface area contributed by atoms with Gasteiger partial charge in [0, 0.05) is 38.8 Å². The van der Waals surface area contributed by atoms with Crippen LogP contribution in [0.25, 0.3) is 0 Å². The summed E-state index contributed by atoms with van der Waals surface area (Å²) in [5.41, 5.74) is 0.0500. The number of anilines is 1. The Labute approximate surface area is 193 Å². The molecule has 1 fully saturated rings. The van der Waals surface area contributed by atoms with Gasteiger partial charge in [-0.2, -0.15) is 0 Å². The zero-order chi connectivity index (χ0) is 21.0. The van der Waals surface area contributed by atoms with Crippen LogP contribution in [0.3, 0.4) is 0 Å². The number of aliphatic imine (C=N–C) groups is 1. The van der Waals surface area contributed by atoms with Crippen molar-refractivity contribution in [2.75, 3.05) is 44.6 Å². The number of rotatable bonds is 5. The molecule has 1 saturated heterocycles. The maximum atomic E-state index is 12.3. The van der Waals surface area contributed by atoms with Gasteiger partial charge in [0.25, 0.3) is 5.69 Å². The molecule has 1 amide bonds. The summed E-state index contributed by atoms with van der Waals surface area (Å²) >= 11 is 0. The van der Waals surface area contributed by atoms with Gasteiger partial charge in [-0.15, -0.1) is 24.0 Å². The molecule has 11 heteroatoms. The number of nitro groups is 1. The monoisotopic (exact) mass is 532 g/mol. The van der Waals surface area contributed by atoms with Crippen molar-refractivity contribution in [2.45, 2.75) is 32.4 Å². The maximum Gasteiger partial charge on any atom is 0.410 e. The first-order valence-corrected chi connectivity index (χ1v) is 9.75. The highest BCUT2D eigenvalue weighted by Gasteiger charge is 2.36. The van der Waals surface area contributed by atoms with Crippen molar-refractivity contribution in [3.8, 4) is 0 Å². The van der Waals surface area contributed by atoms with E-state index in [0.29, 0.717) is 45.0 Å². The second kappa shape index (κ2) is 10.1. The second-order valence-electron chi connectivity index (χ2n) is 8.07. The molecule has 0 spiro atoms. The molecule has 10 nitrogen and oxygen atoms in total. The number of para-hydroxylation sites is 2. The number of ether oxygens (including phenoxy) is 1. The molecule has 3 rings (SSSR count). The fourth-order valence-electron chi connectivity index (χ4n) is 3.38. The predicted molar refractivity (Wildman–Crippen MR) is 126 cm³/mol. The van der Waals surface area contributed by atoms with Crippen LogP contribution in [0.1, 0.15) is 20.8 Å². The number of halogens is 1. The summed E-state index contributed by atoms with van der Waals surface area (Å²) in [5.74, 6) is 0.809. The number of carbonyl (C=O) groups is 1. The van der Waals surface area contributed by atoms with E-state index in [-0.39, 0.29) is 41.8 Å². The van der Waals surface area contributed by atoms with E-state index in [1.165, 1.54) is 6.07 Å². The minimum Gasteiger partial charge on any atom is -0.444 e. The lowest BCUT2D eigenvalue weighted by molar-refractivity contribution is -0.384. The van der Waals surface area contributed by atoms with Crippen LogP contribution < -0.4 is 10.6 Å². The van der Waals surface area contributed by atoms with Gasteiger partial charge in [0.15, 0.2) is 5.96 Å². The van der Waals surface area contributed by atoms with Gasteiger partial charge in [-0.3, -0.25) is 15.1 Å². The minimum absolute atomic E-state index is 0. The van der Waals surface area contributed by atoms with Crippen molar-refractivity contribution in [1.82, 2.24) is 15.1 Å². The van der Waals surface area contributed by atoms with Crippen LogP contribution in [0.5, 0.6) is 0 Å². The van der Waals surface area contributed by atoms with Crippen LogP contribution in [0.4, 0.5) is 16.2 Å². The summed E-state index contributed by atoms with van der Waals surface area (Å²) in [6.45, 7) is 9.15. The number of nitrogens with zero attached hydrogens (tertiary/aromatic N) is 4. The number of hydrogen-bond donors (Lipinski definition) is 2. The second-order valence-corrected chi connectivity index (χ2v) is 8.07. The first kappa shape index (κ1) is 24.0. The first-order chi connectivity index (χ1) is 13.7. The SMILES string of the molecule is CC(C)(C)OC(=O)N1CCN2C(NCCNc3ccccc3[N+](=O)[O-])=NCC2C1.I. The zero-order valence-corrected chi connectivity index (χ0v) is 19.8. The number of guanidine groups is 1. The summed E-state index contributed by atoms with van der Waals surface area (Å²) < 4.78 is 5.46. The lowest BCUT2D eigenvalue weighted by atomic mass is 10.2. The van der Waals surface area contributed by atoms with E-state index in [0.717, 1.165) is 5.96 Å². The normalized spacial score (nSPS) is 18.1. The third-order valence-corrected chi connectivity index (χ3v) is 4.68. The number of carbonyl (C=O) groups excluding carboxylic acids is 1. The highest BCUT2D eigenvalue weighted by molar-refractivity contribution is 14.0. The number of nitro benzene ring substituents is 1. The van der Waals surface area contributed by atoms with Crippen LogP contribution in [-0.2, 0) is 4.74 Å². The standard InChI is InChI=1S/C19H28N6O4.HI/c1-19(2,3)29-18(26)23-10-11-24-14(13-23)12-22-17(24)21-9-8-20-15-6-4-5-7-16(15)25(27)28;/h4-7,14,20H,8-13H2,1-3H3,(H,21,22);1H. The fourth-order valence-corrected chi connectivity index (χ4v) is 3.38. The van der Waals surface area contributed by atoms with E-state index < -0.39 is 10.5 Å². The Morgan fingerprint density at radius 3 is 2.67 bits per heavy atom. The van der Waals surface area contributed by atoms with Crippen molar-refractivity contribution < 1.29 is 14.5 Å². The highest BCUT2D eigenvalue weighted by Crippen LogP contribution is 2.23. The van der Waals surface area contributed by atoms with E-state index in [9.17, 15) is 14.9 Å². The van der Waals surface area contributed by atoms with Crippen LogP contribution in [0.2, 0.25) is 0 Å². The molecule has 0 aliphatic carbocycles. The van der Waals surface area contributed by atoms with Gasteiger partial charge in [0.2, 0.25) is 0 Å². The molecule has 1 aromatic carbocycles. The number of amides is 1. The summed E-state index contributed by atoms with van der Waals surface area (Å²) in [6.07, 6.45) is -0.285. The molecule has 1 aromatic rings. The Morgan fingerprint density at radius 2 is 1.97 bits per heavy atom. The summed E-state index contributed by atoms with van der Waals surface area (Å²) in [7, 11) is 0. The topological polar surface area (TPSA) is 112 Å². The molecule has 0 bridgehead atoms. The quantitative estimate of drug-likeness (QED) is 0.260. The minimum atomic E-state index is -0.506. The largest absolute Gasteiger partial charge is 0.444 e. The van der Waals surface area contributed by atoms with Crippen LogP contribution in [0, 0.1) is 10.1 Å². The Kier molecular flexibility index (Phi) is 8.10. The molecule has 0 saturated carbocycles. The Hall–Kier alpha value is -2.31. The molecule has 2 aliphatic heterocycles. The number of nitrogens with one attached hydrogen (secondary N) is 2. The van der Waals surface area contributed by atoms with E-state index in [2.05, 4.69) is 20.5 Å². The Balaban J connectivity index is 0.00000320. The molecule has 0 radical (unpaired) electrons. The summed E-state index contributed by atoms with van der Waals surface area (Å²) in [5, 5.41) is 17.4. The molecule has 30 heavy (non-hydrogen) atoms. The Morgan fingerprint density at radius 1 is 1.27 bits per heavy atom. The molecular weight excluding hydrogens is 503 g/mol. The number of benzene rings is 1. The van der Waals surface area contributed by atoms with Gasteiger partial charge in [-0.05, 0) is 26.8 Å². The summed E-state index contributed by atoms with van der Waals surface area (Å²) in [4.78, 5) is 31.4. The molecule has 0 aromatic heterocycles. The third kappa shape index (κ3) is 6.09. The lowest BCUT2D eigenvalue weighted by Crippen LogP contribution is -2.57. The van der Waals surface area contributed by atoms with Crippen LogP contribution >= 0.6 is 24.0 Å². The predicted octanol–water partition coefficient (Wildman–Crippen LogP) is 2.51. The van der Waals surface area contributed by atoms with E-state index >= 15 is 0 Å². The van der Waals surface area contributed by atoms with Gasteiger partial charge < -0.3 is 25.2 Å². The molecule has 2 heterocycles. The smallest absolute Gasteiger partial charge is 0.410 e. The van der Waals surface area contributed by atoms with Crippen LogP contribution in [0.15, 0.2) is 29.3 Å². The van der Waals surface area contributed by atoms with Crippen molar-refractivity contribution in [3.05, 3.63) is 34.4 Å². The van der Waals surface area contributed by atoms with Gasteiger partial charge in [-0.1, -0.05) is 12.1 Å². The fraction of sp³-hybridized carbons (Fsp3) is 0.579. The highest BCUT2D eigenvalue weighted by atomic mass is 127. The number of hydrogen-bond acceptors (Lipinski definition) is 8. The van der Waals surface area contributed by atoms with Gasteiger partial charge in [-0.25, -0.2) is 4.79 Å². The van der Waals surface area contributed by atoms with E-state index in [1.807, 2.05) is 20.8 Å². The third-order valence-electron chi connectivity index (χ3n) is 4.68. The van der Waals surface area contributed by atoms with Crippen molar-refractivity contribution in [1.29, 1.82) is 0 Å². The number of piperazine rings is 1. The molecule has 1 unspecified atom stereocenters. The lowest BCUT2D eigenvalue weighted by Gasteiger charge is -2.39. The van der Waals surface area contributed by atoms with Gasteiger partial charge >= 0.3 is 6.09 Å². The first-order valence-electron chi connectivity index (χ1n) is 9.75. The Bertz CT molecular complexity index is 797. The number of fused-ring (bicyclic) bond motifs is 1. The maximum absolute atomic E-state index is 12.3. The summed E-state index contributed by atoms with van der Waals surface area (Å²) in [6, 6.07) is 6.72. The van der Waals surface area contributed by atoms with Gasteiger partial charge in [0.1, 0.15) is 11.3 Å². The molecule has 1 atom stereocenters.